The Morgan fingerprint density at radius 2 is 2.36 bits per heavy atom. The first-order valence-electron chi connectivity index (χ1n) is 5.21. The topological polar surface area (TPSA) is 3.24 Å². The van der Waals surface area contributed by atoms with E-state index in [4.69, 9.17) is 0 Å². The maximum atomic E-state index is 3.50. The van der Waals surface area contributed by atoms with Crippen LogP contribution in [0.5, 0.6) is 0 Å². The third-order valence-corrected chi connectivity index (χ3v) is 3.30. The predicted molar refractivity (Wildman–Crippen MR) is 63.2 cm³/mol. The smallest absolute Gasteiger partial charge is 0.0234 e. The predicted octanol–water partition coefficient (Wildman–Crippen LogP) is 3.29. The molecule has 1 aromatic carbocycles. The van der Waals surface area contributed by atoms with Gasteiger partial charge in [-0.15, -0.1) is 0 Å². The zero-order valence-electron chi connectivity index (χ0n) is 8.54. The molecular formula is C12H16BrN. The molecule has 0 N–H and O–H groups in total. The molecule has 1 nitrogen and oxygen atoms in total. The number of hydrogen-bond donors (Lipinski definition) is 0. The van der Waals surface area contributed by atoms with Gasteiger partial charge in [-0.3, -0.25) is 4.90 Å². The Hall–Kier alpha value is -0.340. The SMILES string of the molecule is CC1CCN(Cc2cccc(Br)c2)C1. The van der Waals surface area contributed by atoms with Crippen molar-refractivity contribution in [3.05, 3.63) is 34.3 Å². The van der Waals surface area contributed by atoms with Crippen molar-refractivity contribution in [3.8, 4) is 0 Å². The van der Waals surface area contributed by atoms with Crippen LogP contribution in [-0.4, -0.2) is 18.0 Å². The van der Waals surface area contributed by atoms with Crippen LogP contribution >= 0.6 is 15.9 Å². The first kappa shape index (κ1) is 10.2. The average molecular weight is 254 g/mol. The van der Waals surface area contributed by atoms with E-state index >= 15 is 0 Å². The Morgan fingerprint density at radius 1 is 1.50 bits per heavy atom. The molecule has 0 bridgehead atoms. The number of hydrogen-bond acceptors (Lipinski definition) is 1. The van der Waals surface area contributed by atoms with Crippen LogP contribution in [0.2, 0.25) is 0 Å². The van der Waals surface area contributed by atoms with Gasteiger partial charge in [-0.2, -0.15) is 0 Å². The summed E-state index contributed by atoms with van der Waals surface area (Å²) in [6.45, 7) is 5.95. The van der Waals surface area contributed by atoms with Crippen molar-refractivity contribution < 1.29 is 0 Å². The summed E-state index contributed by atoms with van der Waals surface area (Å²) in [4.78, 5) is 2.53. The molecule has 0 radical (unpaired) electrons. The molecule has 1 unspecified atom stereocenters. The van der Waals surface area contributed by atoms with E-state index in [9.17, 15) is 0 Å². The highest BCUT2D eigenvalue weighted by Crippen LogP contribution is 2.19. The van der Waals surface area contributed by atoms with Crippen molar-refractivity contribution in [1.29, 1.82) is 0 Å². The number of likely N-dealkylation sites (tertiary alicyclic amines) is 1. The molecule has 0 saturated carbocycles. The van der Waals surface area contributed by atoms with Gasteiger partial charge in [-0.1, -0.05) is 35.0 Å². The van der Waals surface area contributed by atoms with Crippen molar-refractivity contribution in [1.82, 2.24) is 4.90 Å². The van der Waals surface area contributed by atoms with Crippen LogP contribution in [0.4, 0.5) is 0 Å². The van der Waals surface area contributed by atoms with Crippen LogP contribution in [0.3, 0.4) is 0 Å². The molecule has 0 aliphatic carbocycles. The Bertz CT molecular complexity index is 311. The summed E-state index contributed by atoms with van der Waals surface area (Å²) in [5.74, 6) is 0.877. The second kappa shape index (κ2) is 4.45. The molecule has 1 heterocycles. The van der Waals surface area contributed by atoms with Gasteiger partial charge in [0.1, 0.15) is 0 Å². The number of nitrogens with zero attached hydrogens (tertiary/aromatic N) is 1. The molecule has 1 saturated heterocycles. The van der Waals surface area contributed by atoms with Gasteiger partial charge in [-0.05, 0) is 36.6 Å². The van der Waals surface area contributed by atoms with Gasteiger partial charge in [-0.25, -0.2) is 0 Å². The second-order valence-corrected chi connectivity index (χ2v) is 5.17. The Balaban J connectivity index is 1.97. The molecule has 2 heteroatoms. The molecule has 2 rings (SSSR count). The van der Waals surface area contributed by atoms with E-state index in [0.717, 1.165) is 12.5 Å². The van der Waals surface area contributed by atoms with Crippen LogP contribution in [0, 0.1) is 5.92 Å². The van der Waals surface area contributed by atoms with Gasteiger partial charge < -0.3 is 0 Å². The van der Waals surface area contributed by atoms with Gasteiger partial charge in [0.05, 0.1) is 0 Å². The summed E-state index contributed by atoms with van der Waals surface area (Å²) in [6.07, 6.45) is 1.36. The monoisotopic (exact) mass is 253 g/mol. The maximum absolute atomic E-state index is 3.50. The normalized spacial score (nSPS) is 22.9. The highest BCUT2D eigenvalue weighted by molar-refractivity contribution is 9.10. The highest BCUT2D eigenvalue weighted by atomic mass is 79.9. The van der Waals surface area contributed by atoms with Crippen molar-refractivity contribution in [3.63, 3.8) is 0 Å². The molecule has 0 amide bonds. The molecular weight excluding hydrogens is 238 g/mol. The van der Waals surface area contributed by atoms with Gasteiger partial charge in [0, 0.05) is 17.6 Å². The second-order valence-electron chi connectivity index (χ2n) is 4.26. The van der Waals surface area contributed by atoms with Crippen molar-refractivity contribution in [2.75, 3.05) is 13.1 Å². The van der Waals surface area contributed by atoms with E-state index in [1.54, 1.807) is 0 Å². The number of benzene rings is 1. The van der Waals surface area contributed by atoms with E-state index < -0.39 is 0 Å². The minimum absolute atomic E-state index is 0.877. The van der Waals surface area contributed by atoms with Crippen LogP contribution in [0.25, 0.3) is 0 Å². The number of rotatable bonds is 2. The standard InChI is InChI=1S/C12H16BrN/c1-10-5-6-14(8-10)9-11-3-2-4-12(13)7-11/h2-4,7,10H,5-6,8-9H2,1H3. The summed E-state index contributed by atoms with van der Waals surface area (Å²) in [5.41, 5.74) is 1.41. The van der Waals surface area contributed by atoms with E-state index in [-0.39, 0.29) is 0 Å². The minimum Gasteiger partial charge on any atom is -0.299 e. The fourth-order valence-electron chi connectivity index (χ4n) is 2.06. The average Bonchev–Trinajstić information content (AvgIpc) is 2.51. The highest BCUT2D eigenvalue weighted by Gasteiger charge is 2.18. The van der Waals surface area contributed by atoms with Gasteiger partial charge in [0.25, 0.3) is 0 Å². The van der Waals surface area contributed by atoms with Crippen molar-refractivity contribution in [2.45, 2.75) is 19.9 Å². The summed E-state index contributed by atoms with van der Waals surface area (Å²) in [6, 6.07) is 8.60. The van der Waals surface area contributed by atoms with Crippen molar-refractivity contribution in [2.24, 2.45) is 5.92 Å². The summed E-state index contributed by atoms with van der Waals surface area (Å²) >= 11 is 3.50. The lowest BCUT2D eigenvalue weighted by Gasteiger charge is -2.15. The lowest BCUT2D eigenvalue weighted by Crippen LogP contribution is -2.19. The van der Waals surface area contributed by atoms with Crippen LogP contribution in [0.15, 0.2) is 28.7 Å². The minimum atomic E-state index is 0.877. The zero-order chi connectivity index (χ0) is 9.97. The lowest BCUT2D eigenvalue weighted by atomic mass is 10.2. The quantitative estimate of drug-likeness (QED) is 0.782. The Kier molecular flexibility index (Phi) is 3.24. The first-order valence-corrected chi connectivity index (χ1v) is 6.00. The van der Waals surface area contributed by atoms with E-state index in [0.29, 0.717) is 0 Å². The summed E-state index contributed by atoms with van der Waals surface area (Å²) in [7, 11) is 0. The van der Waals surface area contributed by atoms with Crippen LogP contribution < -0.4 is 0 Å². The Labute approximate surface area is 94.2 Å². The number of halogens is 1. The molecule has 0 aromatic heterocycles. The molecule has 1 aliphatic rings. The molecule has 14 heavy (non-hydrogen) atoms. The van der Waals surface area contributed by atoms with Crippen LogP contribution in [-0.2, 0) is 6.54 Å². The van der Waals surface area contributed by atoms with Gasteiger partial charge in [0.15, 0.2) is 0 Å². The molecule has 1 atom stereocenters. The fourth-order valence-corrected chi connectivity index (χ4v) is 2.51. The lowest BCUT2D eigenvalue weighted by molar-refractivity contribution is 0.320. The van der Waals surface area contributed by atoms with Crippen LogP contribution in [0.1, 0.15) is 18.9 Å². The summed E-state index contributed by atoms with van der Waals surface area (Å²) < 4.78 is 1.18. The van der Waals surface area contributed by atoms with Crippen molar-refractivity contribution >= 4 is 15.9 Å². The van der Waals surface area contributed by atoms with E-state index in [1.165, 1.54) is 29.5 Å². The molecule has 1 aliphatic heterocycles. The first-order chi connectivity index (χ1) is 6.74. The summed E-state index contributed by atoms with van der Waals surface area (Å²) in [5, 5.41) is 0. The third kappa shape index (κ3) is 2.58. The fraction of sp³-hybridized carbons (Fsp3) is 0.500. The third-order valence-electron chi connectivity index (χ3n) is 2.80. The zero-order valence-corrected chi connectivity index (χ0v) is 10.1. The molecule has 1 aromatic rings. The van der Waals surface area contributed by atoms with E-state index in [2.05, 4.69) is 52.0 Å². The van der Waals surface area contributed by atoms with Gasteiger partial charge in [0.2, 0.25) is 0 Å². The molecule has 1 fully saturated rings. The molecule has 76 valence electrons. The van der Waals surface area contributed by atoms with E-state index in [1.807, 2.05) is 0 Å². The molecule has 0 spiro atoms. The largest absolute Gasteiger partial charge is 0.299 e. The maximum Gasteiger partial charge on any atom is 0.0234 e. The Morgan fingerprint density at radius 3 is 3.00 bits per heavy atom. The van der Waals surface area contributed by atoms with Gasteiger partial charge >= 0.3 is 0 Å².